The predicted octanol–water partition coefficient (Wildman–Crippen LogP) is 0.781. The molecule has 0 spiro atoms. The Morgan fingerprint density at radius 2 is 2.12 bits per heavy atom. The number of hydrogen-bond acceptors (Lipinski definition) is 6. The summed E-state index contributed by atoms with van der Waals surface area (Å²) in [6, 6.07) is 10.1. The van der Waals surface area contributed by atoms with Crippen molar-refractivity contribution in [2.24, 2.45) is 0 Å². The van der Waals surface area contributed by atoms with Gasteiger partial charge >= 0.3 is 0 Å². The lowest BCUT2D eigenvalue weighted by Crippen LogP contribution is -2.43. The molecule has 1 aliphatic heterocycles. The first kappa shape index (κ1) is 16.6. The molecule has 2 aromatic heterocycles. The third kappa shape index (κ3) is 3.71. The number of aromatic nitrogens is 4. The smallest absolute Gasteiger partial charge is 0.252 e. The monoisotopic (exact) mass is 351 g/mol. The topological polar surface area (TPSA) is 96.2 Å². The summed E-state index contributed by atoms with van der Waals surface area (Å²) in [6.07, 6.45) is 7.62. The van der Waals surface area contributed by atoms with Crippen LogP contribution in [-0.2, 0) is 11.2 Å². The minimum Gasteiger partial charge on any atom is -0.355 e. The fraction of sp³-hybridized carbons (Fsp3) is 0.333. The van der Waals surface area contributed by atoms with Crippen LogP contribution >= 0.6 is 0 Å². The number of nitrogens with one attached hydrogen (secondary N) is 3. The molecular weight excluding hydrogens is 330 g/mol. The van der Waals surface area contributed by atoms with E-state index < -0.39 is 0 Å². The van der Waals surface area contributed by atoms with Gasteiger partial charge in [0.15, 0.2) is 0 Å². The van der Waals surface area contributed by atoms with Crippen LogP contribution in [0.3, 0.4) is 0 Å². The number of amides is 1. The second kappa shape index (κ2) is 7.59. The second-order valence-electron chi connectivity index (χ2n) is 6.40. The summed E-state index contributed by atoms with van der Waals surface area (Å²) in [7, 11) is 0. The quantitative estimate of drug-likeness (QED) is 0.568. The average molecular weight is 351 g/mol. The van der Waals surface area contributed by atoms with Crippen LogP contribution in [0.5, 0.6) is 0 Å². The number of nitrogens with zero attached hydrogens (tertiary/aromatic N) is 4. The molecule has 3 heterocycles. The summed E-state index contributed by atoms with van der Waals surface area (Å²) in [4.78, 5) is 20.6. The molecule has 1 aromatic carbocycles. The van der Waals surface area contributed by atoms with Crippen LogP contribution in [0.25, 0.3) is 5.78 Å². The summed E-state index contributed by atoms with van der Waals surface area (Å²) in [5.74, 6) is 0.621. The molecule has 2 atom stereocenters. The van der Waals surface area contributed by atoms with Crippen molar-refractivity contribution in [2.75, 3.05) is 6.54 Å². The van der Waals surface area contributed by atoms with Gasteiger partial charge in [-0.05, 0) is 30.4 Å². The zero-order valence-electron chi connectivity index (χ0n) is 14.3. The summed E-state index contributed by atoms with van der Waals surface area (Å²) in [5, 5.41) is 7.08. The molecule has 1 aliphatic rings. The number of fused-ring (bicyclic) bond motifs is 1. The molecule has 1 saturated heterocycles. The van der Waals surface area contributed by atoms with Crippen molar-refractivity contribution in [1.29, 1.82) is 0 Å². The molecule has 3 aromatic rings. The molecule has 8 nitrogen and oxygen atoms in total. The number of benzene rings is 1. The van der Waals surface area contributed by atoms with E-state index in [1.165, 1.54) is 11.9 Å². The molecule has 0 bridgehead atoms. The molecule has 0 saturated carbocycles. The Balaban J connectivity index is 1.22. The number of hydrazine groups is 1. The molecule has 0 aliphatic carbocycles. The zero-order valence-corrected chi connectivity index (χ0v) is 14.3. The van der Waals surface area contributed by atoms with Crippen LogP contribution in [0.4, 0.5) is 0 Å². The fourth-order valence-corrected chi connectivity index (χ4v) is 3.15. The van der Waals surface area contributed by atoms with Crippen molar-refractivity contribution in [3.05, 3.63) is 60.2 Å². The number of carbonyl (C=O) groups is 1. The Hall–Kier alpha value is -2.84. The van der Waals surface area contributed by atoms with Crippen molar-refractivity contribution < 1.29 is 4.79 Å². The Kier molecular flexibility index (Phi) is 4.85. The minimum absolute atomic E-state index is 0.0285. The van der Waals surface area contributed by atoms with Crippen molar-refractivity contribution in [1.82, 2.24) is 35.8 Å². The standard InChI is InChI=1S/C18H21N7O/c26-17(16-9-15(23-24-16)14-6-2-1-3-7-14)19-8-4-5-13-10-20-18-21-12-22-25(18)11-13/h1-3,6-7,10-12,15-16,23-24H,4-5,8-9H2,(H,19,26). The first-order chi connectivity index (χ1) is 12.8. The molecule has 134 valence electrons. The van der Waals surface area contributed by atoms with E-state index in [1.54, 1.807) is 10.7 Å². The third-order valence-electron chi connectivity index (χ3n) is 4.55. The van der Waals surface area contributed by atoms with Gasteiger partial charge in [0.05, 0.1) is 0 Å². The van der Waals surface area contributed by atoms with Crippen LogP contribution in [-0.4, -0.2) is 38.1 Å². The maximum atomic E-state index is 12.3. The number of hydrogen-bond donors (Lipinski definition) is 3. The Morgan fingerprint density at radius 1 is 1.23 bits per heavy atom. The number of carbonyl (C=O) groups excluding carboxylic acids is 1. The summed E-state index contributed by atoms with van der Waals surface area (Å²) in [5.41, 5.74) is 8.55. The molecular formula is C18H21N7O. The average Bonchev–Trinajstić information content (AvgIpc) is 3.35. The van der Waals surface area contributed by atoms with Crippen molar-refractivity contribution >= 4 is 11.7 Å². The third-order valence-corrected chi connectivity index (χ3v) is 4.55. The molecule has 26 heavy (non-hydrogen) atoms. The lowest BCUT2D eigenvalue weighted by atomic mass is 10.0. The lowest BCUT2D eigenvalue weighted by Gasteiger charge is -2.10. The SMILES string of the molecule is O=C(NCCCc1cnc2ncnn2c1)C1CC(c2ccccc2)NN1. The first-order valence-corrected chi connectivity index (χ1v) is 8.77. The van der Waals surface area contributed by atoms with E-state index in [-0.39, 0.29) is 18.0 Å². The highest BCUT2D eigenvalue weighted by Gasteiger charge is 2.29. The highest BCUT2D eigenvalue weighted by atomic mass is 16.2. The van der Waals surface area contributed by atoms with Crippen LogP contribution in [0.2, 0.25) is 0 Å². The van der Waals surface area contributed by atoms with E-state index in [1.807, 2.05) is 24.4 Å². The highest BCUT2D eigenvalue weighted by molar-refractivity contribution is 5.82. The highest BCUT2D eigenvalue weighted by Crippen LogP contribution is 2.21. The van der Waals surface area contributed by atoms with E-state index in [2.05, 4.69) is 43.4 Å². The van der Waals surface area contributed by atoms with E-state index in [4.69, 9.17) is 0 Å². The molecule has 4 rings (SSSR count). The van der Waals surface area contributed by atoms with Crippen molar-refractivity contribution in [3.8, 4) is 0 Å². The van der Waals surface area contributed by atoms with Crippen molar-refractivity contribution in [3.63, 3.8) is 0 Å². The summed E-state index contributed by atoms with van der Waals surface area (Å²) in [6.45, 7) is 0.627. The summed E-state index contributed by atoms with van der Waals surface area (Å²) >= 11 is 0. The van der Waals surface area contributed by atoms with Gasteiger partial charge < -0.3 is 5.32 Å². The van der Waals surface area contributed by atoms with Gasteiger partial charge in [-0.15, -0.1) is 0 Å². The van der Waals surface area contributed by atoms with E-state index in [9.17, 15) is 4.79 Å². The Morgan fingerprint density at radius 3 is 3.00 bits per heavy atom. The van der Waals surface area contributed by atoms with Crippen molar-refractivity contribution in [2.45, 2.75) is 31.3 Å². The fourth-order valence-electron chi connectivity index (χ4n) is 3.15. The van der Waals surface area contributed by atoms with Gasteiger partial charge in [-0.2, -0.15) is 10.1 Å². The van der Waals surface area contributed by atoms with Crippen LogP contribution in [0.1, 0.15) is 30.0 Å². The van der Waals surface area contributed by atoms with Gasteiger partial charge in [-0.3, -0.25) is 4.79 Å². The largest absolute Gasteiger partial charge is 0.355 e. The van der Waals surface area contributed by atoms with Gasteiger partial charge in [0.25, 0.3) is 5.78 Å². The van der Waals surface area contributed by atoms with E-state index in [0.717, 1.165) is 24.8 Å². The number of aryl methyl sites for hydroxylation is 1. The Bertz CT molecular complexity index is 879. The van der Waals surface area contributed by atoms with Gasteiger partial charge in [-0.25, -0.2) is 20.4 Å². The second-order valence-corrected chi connectivity index (χ2v) is 6.40. The molecule has 1 amide bonds. The van der Waals surface area contributed by atoms with Gasteiger partial charge in [-0.1, -0.05) is 30.3 Å². The minimum atomic E-state index is -0.214. The molecule has 8 heteroatoms. The molecule has 2 unspecified atom stereocenters. The predicted molar refractivity (Wildman–Crippen MR) is 96.0 cm³/mol. The molecule has 1 fully saturated rings. The van der Waals surface area contributed by atoms with Gasteiger partial charge in [0.2, 0.25) is 5.91 Å². The van der Waals surface area contributed by atoms with Crippen LogP contribution < -0.4 is 16.2 Å². The Labute approximate surface area is 151 Å². The first-order valence-electron chi connectivity index (χ1n) is 8.77. The number of rotatable bonds is 6. The maximum Gasteiger partial charge on any atom is 0.252 e. The van der Waals surface area contributed by atoms with Gasteiger partial charge in [0, 0.05) is 25.0 Å². The maximum absolute atomic E-state index is 12.3. The normalized spacial score (nSPS) is 19.7. The molecule has 0 radical (unpaired) electrons. The zero-order chi connectivity index (χ0) is 17.8. The lowest BCUT2D eigenvalue weighted by molar-refractivity contribution is -0.122. The molecule has 3 N–H and O–H groups in total. The van der Waals surface area contributed by atoms with E-state index in [0.29, 0.717) is 12.3 Å². The summed E-state index contributed by atoms with van der Waals surface area (Å²) < 4.78 is 1.66. The van der Waals surface area contributed by atoms with Gasteiger partial charge in [0.1, 0.15) is 12.4 Å². The van der Waals surface area contributed by atoms with Crippen LogP contribution in [0.15, 0.2) is 49.1 Å². The van der Waals surface area contributed by atoms with E-state index >= 15 is 0 Å². The van der Waals surface area contributed by atoms with Crippen LogP contribution in [0, 0.1) is 0 Å².